The standard InChI is InChI=1S/C16H17NO.2C2H6N.CH3N.Ti/c1-12-7-4-5-10-15(12)17-11-14-9-6-8-13(2)16(14)18-3;2*1-3-2;1-2;/h4-11H,1-3H3;2*1-2H3;1H3;/q;2*-1;;+2. The summed E-state index contributed by atoms with van der Waals surface area (Å²) >= 11 is 1.75. The number of aliphatic imine (C=N–C) groups is 1. The molecule has 27 heavy (non-hydrogen) atoms. The van der Waals surface area contributed by atoms with Crippen molar-refractivity contribution >= 4 is 11.9 Å². The molecule has 146 valence electrons. The SMILES string of the molecule is COc1c(C)cccc1C=Nc1ccccc1C.C[N-]C.C[N-]C.C[N]=[Ti+2]. The second-order valence-corrected chi connectivity index (χ2v) is 6.06. The van der Waals surface area contributed by atoms with Gasteiger partial charge in [-0.2, -0.15) is 28.2 Å². The van der Waals surface area contributed by atoms with E-state index in [0.717, 1.165) is 22.6 Å². The predicted molar refractivity (Wildman–Crippen MR) is 115 cm³/mol. The molecule has 0 unspecified atom stereocenters. The Bertz CT molecular complexity index is 658. The fourth-order valence-corrected chi connectivity index (χ4v) is 1.90. The number of rotatable bonds is 3. The second kappa shape index (κ2) is 19.1. The Morgan fingerprint density at radius 2 is 1.37 bits per heavy atom. The third-order valence-corrected chi connectivity index (χ3v) is 2.90. The Labute approximate surface area is 176 Å². The minimum atomic E-state index is 0.884. The summed E-state index contributed by atoms with van der Waals surface area (Å²) in [5, 5.41) is 7.00. The van der Waals surface area contributed by atoms with Gasteiger partial charge in [0.1, 0.15) is 5.75 Å². The van der Waals surface area contributed by atoms with Crippen LogP contribution in [0.4, 0.5) is 5.69 Å². The van der Waals surface area contributed by atoms with E-state index in [1.165, 1.54) is 5.56 Å². The molecule has 0 saturated heterocycles. The molecule has 2 rings (SSSR count). The molecular formula is C21H32N4OTi. The number of methoxy groups -OCH3 is 1. The summed E-state index contributed by atoms with van der Waals surface area (Å²) in [6, 6.07) is 14.1. The van der Waals surface area contributed by atoms with Gasteiger partial charge in [-0.25, -0.2) is 0 Å². The first-order chi connectivity index (χ1) is 13.0. The van der Waals surface area contributed by atoms with Crippen molar-refractivity contribution in [1.29, 1.82) is 0 Å². The molecule has 0 N–H and O–H groups in total. The number of aryl methyl sites for hydroxylation is 2. The fraction of sp³-hybridized carbons (Fsp3) is 0.381. The van der Waals surface area contributed by atoms with Crippen LogP contribution in [0, 0.1) is 13.8 Å². The van der Waals surface area contributed by atoms with E-state index < -0.39 is 0 Å². The third-order valence-electron chi connectivity index (χ3n) is 2.90. The topological polar surface area (TPSA) is 62.1 Å². The van der Waals surface area contributed by atoms with Gasteiger partial charge in [-0.05, 0) is 37.1 Å². The number of ether oxygens (including phenoxy) is 1. The average Bonchev–Trinajstić information content (AvgIpc) is 2.63. The van der Waals surface area contributed by atoms with Gasteiger partial charge in [-0.15, -0.1) is 0 Å². The third kappa shape index (κ3) is 13.2. The van der Waals surface area contributed by atoms with Crippen molar-refractivity contribution in [3.8, 4) is 5.75 Å². The summed E-state index contributed by atoms with van der Waals surface area (Å²) in [5.41, 5.74) is 4.27. The van der Waals surface area contributed by atoms with E-state index in [4.69, 9.17) is 4.74 Å². The Hall–Kier alpha value is -1.66. The number of nitrogens with zero attached hydrogens (tertiary/aromatic N) is 4. The van der Waals surface area contributed by atoms with Crippen LogP contribution in [0.5, 0.6) is 5.75 Å². The molecule has 0 radical (unpaired) electrons. The van der Waals surface area contributed by atoms with Crippen LogP contribution >= 0.6 is 0 Å². The van der Waals surface area contributed by atoms with Crippen LogP contribution in [-0.4, -0.2) is 48.6 Å². The molecule has 0 atom stereocenters. The first-order valence-corrected chi connectivity index (χ1v) is 9.11. The van der Waals surface area contributed by atoms with Crippen molar-refractivity contribution in [3.05, 3.63) is 69.8 Å². The quantitative estimate of drug-likeness (QED) is 0.482. The maximum atomic E-state index is 5.40. The molecule has 0 amide bonds. The van der Waals surface area contributed by atoms with Gasteiger partial charge in [0.25, 0.3) is 0 Å². The predicted octanol–water partition coefficient (Wildman–Crippen LogP) is 5.65. The summed E-state index contributed by atoms with van der Waals surface area (Å²) < 4.78 is 8.90. The average molecular weight is 404 g/mol. The molecule has 2 aromatic carbocycles. The summed E-state index contributed by atoms with van der Waals surface area (Å²) in [6.45, 7) is 4.09. The zero-order chi connectivity index (χ0) is 21.1. The van der Waals surface area contributed by atoms with Gasteiger partial charge in [-0.3, -0.25) is 4.99 Å². The molecule has 2 aromatic rings. The van der Waals surface area contributed by atoms with Gasteiger partial charge in [0.2, 0.25) is 0 Å². The summed E-state index contributed by atoms with van der Waals surface area (Å²) in [7, 11) is 10.4. The molecule has 0 aliphatic heterocycles. The second-order valence-electron chi connectivity index (χ2n) is 5.36. The molecule has 0 bridgehead atoms. The van der Waals surface area contributed by atoms with Crippen LogP contribution in [0.3, 0.4) is 0 Å². The van der Waals surface area contributed by atoms with Crippen LogP contribution in [0.25, 0.3) is 10.6 Å². The van der Waals surface area contributed by atoms with Crippen molar-refractivity contribution in [3.63, 3.8) is 0 Å². The van der Waals surface area contributed by atoms with E-state index in [0.29, 0.717) is 0 Å². The fourth-order valence-electron chi connectivity index (χ4n) is 1.90. The maximum absolute atomic E-state index is 5.40. The number of para-hydroxylation sites is 2. The van der Waals surface area contributed by atoms with E-state index >= 15 is 0 Å². The summed E-state index contributed by atoms with van der Waals surface area (Å²) in [4.78, 5) is 4.52. The zero-order valence-corrected chi connectivity index (χ0v) is 19.4. The van der Waals surface area contributed by atoms with Gasteiger partial charge in [-0.1, -0.05) is 30.3 Å². The molecule has 0 heterocycles. The Balaban J connectivity index is 0. The number of hydrogen-bond donors (Lipinski definition) is 0. The van der Waals surface area contributed by atoms with Crippen LogP contribution in [0.2, 0.25) is 0 Å². The van der Waals surface area contributed by atoms with Gasteiger partial charge in [0.05, 0.1) is 12.8 Å². The number of benzene rings is 2. The molecule has 5 nitrogen and oxygen atoms in total. The molecule has 0 aliphatic carbocycles. The van der Waals surface area contributed by atoms with Crippen LogP contribution in [0.15, 0.2) is 50.9 Å². The van der Waals surface area contributed by atoms with E-state index in [9.17, 15) is 0 Å². The molecule has 0 fully saturated rings. The Morgan fingerprint density at radius 1 is 0.889 bits per heavy atom. The molecule has 0 aromatic heterocycles. The van der Waals surface area contributed by atoms with Crippen LogP contribution in [-0.2, 0) is 20.3 Å². The first kappa shape index (κ1) is 27.6. The van der Waals surface area contributed by atoms with E-state index in [1.54, 1.807) is 62.6 Å². The van der Waals surface area contributed by atoms with Gasteiger partial charge in [0, 0.05) is 11.8 Å². The minimum absolute atomic E-state index is 0.884. The summed E-state index contributed by atoms with van der Waals surface area (Å²) in [6.07, 6.45) is 1.86. The van der Waals surface area contributed by atoms with E-state index in [2.05, 4.69) is 32.0 Å². The first-order valence-electron chi connectivity index (χ1n) is 8.41. The molecule has 0 spiro atoms. The van der Waals surface area contributed by atoms with E-state index in [-0.39, 0.29) is 0 Å². The zero-order valence-electron chi connectivity index (χ0n) is 17.8. The molecule has 6 heteroatoms. The number of hydrogen-bond acceptors (Lipinski definition) is 3. The Kier molecular flexibility index (Phi) is 19.5. The molecule has 0 saturated carbocycles. The van der Waals surface area contributed by atoms with Crippen molar-refractivity contribution in [2.75, 3.05) is 42.3 Å². The van der Waals surface area contributed by atoms with Gasteiger partial charge >= 0.3 is 30.7 Å². The monoisotopic (exact) mass is 404 g/mol. The van der Waals surface area contributed by atoms with Crippen molar-refractivity contribution in [2.24, 2.45) is 8.41 Å². The van der Waals surface area contributed by atoms with E-state index in [1.807, 2.05) is 49.5 Å². The van der Waals surface area contributed by atoms with Crippen molar-refractivity contribution < 1.29 is 25.0 Å². The normalized spacial score (nSPS) is 9.11. The Morgan fingerprint density at radius 3 is 1.85 bits per heavy atom. The van der Waals surface area contributed by atoms with Crippen LogP contribution in [0.1, 0.15) is 16.7 Å². The summed E-state index contributed by atoms with van der Waals surface area (Å²) in [5.74, 6) is 0.884. The molecular weight excluding hydrogens is 372 g/mol. The van der Waals surface area contributed by atoms with Crippen LogP contribution < -0.4 is 4.74 Å². The van der Waals surface area contributed by atoms with Gasteiger partial charge in [0.15, 0.2) is 0 Å². The van der Waals surface area contributed by atoms with Crippen molar-refractivity contribution in [1.82, 2.24) is 0 Å². The molecule has 0 aliphatic rings. The van der Waals surface area contributed by atoms with Crippen molar-refractivity contribution in [2.45, 2.75) is 13.8 Å². The van der Waals surface area contributed by atoms with Gasteiger partial charge < -0.3 is 15.4 Å².